The standard InChI is InChI=1S/C12H26N2O/c1-3-10-4-6-11(7-5-10)14(2)9-12(15)8-13/h10-12,15H,3-9,13H2,1-2H3. The van der Waals surface area contributed by atoms with Gasteiger partial charge < -0.3 is 15.7 Å². The normalized spacial score (nSPS) is 29.4. The first kappa shape index (κ1) is 12.9. The van der Waals surface area contributed by atoms with Gasteiger partial charge in [-0.25, -0.2) is 0 Å². The van der Waals surface area contributed by atoms with E-state index in [0.717, 1.165) is 12.5 Å². The third-order valence-corrected chi connectivity index (χ3v) is 3.79. The molecule has 0 bridgehead atoms. The third-order valence-electron chi connectivity index (χ3n) is 3.79. The van der Waals surface area contributed by atoms with Crippen LogP contribution in [-0.4, -0.2) is 42.3 Å². The Morgan fingerprint density at radius 2 is 1.93 bits per heavy atom. The average molecular weight is 214 g/mol. The van der Waals surface area contributed by atoms with Crippen molar-refractivity contribution in [2.75, 3.05) is 20.1 Å². The number of aliphatic hydroxyl groups excluding tert-OH is 1. The molecule has 1 unspecified atom stereocenters. The fourth-order valence-corrected chi connectivity index (χ4v) is 2.55. The lowest BCUT2D eigenvalue weighted by Gasteiger charge is -2.35. The summed E-state index contributed by atoms with van der Waals surface area (Å²) in [5, 5.41) is 9.49. The van der Waals surface area contributed by atoms with E-state index < -0.39 is 0 Å². The lowest BCUT2D eigenvalue weighted by molar-refractivity contribution is 0.0885. The molecule has 1 atom stereocenters. The molecule has 0 amide bonds. The van der Waals surface area contributed by atoms with Crippen LogP contribution in [0.1, 0.15) is 39.0 Å². The molecule has 0 aromatic carbocycles. The number of nitrogens with zero attached hydrogens (tertiary/aromatic N) is 1. The van der Waals surface area contributed by atoms with Crippen molar-refractivity contribution in [3.8, 4) is 0 Å². The van der Waals surface area contributed by atoms with Crippen LogP contribution in [0, 0.1) is 5.92 Å². The summed E-state index contributed by atoms with van der Waals surface area (Å²) < 4.78 is 0. The van der Waals surface area contributed by atoms with E-state index in [-0.39, 0.29) is 6.10 Å². The van der Waals surface area contributed by atoms with Crippen LogP contribution in [-0.2, 0) is 0 Å². The minimum atomic E-state index is -0.362. The maximum absolute atomic E-state index is 9.49. The number of hydrogen-bond acceptors (Lipinski definition) is 3. The number of likely N-dealkylation sites (N-methyl/N-ethyl adjacent to an activating group) is 1. The Balaban J connectivity index is 2.26. The largest absolute Gasteiger partial charge is 0.390 e. The van der Waals surface area contributed by atoms with Crippen molar-refractivity contribution in [3.05, 3.63) is 0 Å². The molecule has 0 spiro atoms. The number of aliphatic hydroxyl groups is 1. The molecule has 0 aliphatic heterocycles. The number of hydrogen-bond donors (Lipinski definition) is 2. The zero-order valence-electron chi connectivity index (χ0n) is 10.2. The van der Waals surface area contributed by atoms with Crippen molar-refractivity contribution in [1.82, 2.24) is 4.90 Å². The van der Waals surface area contributed by atoms with Crippen molar-refractivity contribution in [2.24, 2.45) is 11.7 Å². The minimum Gasteiger partial charge on any atom is -0.390 e. The van der Waals surface area contributed by atoms with Crippen LogP contribution in [0.15, 0.2) is 0 Å². The molecule has 15 heavy (non-hydrogen) atoms. The fraction of sp³-hybridized carbons (Fsp3) is 1.00. The van der Waals surface area contributed by atoms with Gasteiger partial charge in [0.15, 0.2) is 0 Å². The summed E-state index contributed by atoms with van der Waals surface area (Å²) in [6.07, 6.45) is 6.23. The van der Waals surface area contributed by atoms with Crippen LogP contribution >= 0.6 is 0 Å². The first-order valence-corrected chi connectivity index (χ1v) is 6.25. The Bertz CT molecular complexity index is 167. The highest BCUT2D eigenvalue weighted by Gasteiger charge is 2.23. The van der Waals surface area contributed by atoms with Gasteiger partial charge in [-0.05, 0) is 38.6 Å². The van der Waals surface area contributed by atoms with Crippen LogP contribution in [0.4, 0.5) is 0 Å². The van der Waals surface area contributed by atoms with Crippen molar-refractivity contribution in [3.63, 3.8) is 0 Å². The lowest BCUT2D eigenvalue weighted by Crippen LogP contribution is -2.41. The maximum Gasteiger partial charge on any atom is 0.0789 e. The summed E-state index contributed by atoms with van der Waals surface area (Å²) in [6.45, 7) is 3.37. The topological polar surface area (TPSA) is 49.5 Å². The molecule has 90 valence electrons. The first-order chi connectivity index (χ1) is 7.17. The molecule has 3 nitrogen and oxygen atoms in total. The van der Waals surface area contributed by atoms with E-state index in [4.69, 9.17) is 5.73 Å². The van der Waals surface area contributed by atoms with E-state index in [1.165, 1.54) is 32.1 Å². The Labute approximate surface area is 93.6 Å². The maximum atomic E-state index is 9.49. The second-order valence-corrected chi connectivity index (χ2v) is 4.91. The van der Waals surface area contributed by atoms with Crippen molar-refractivity contribution < 1.29 is 5.11 Å². The number of rotatable bonds is 5. The molecule has 1 rings (SSSR count). The third kappa shape index (κ3) is 4.09. The molecule has 0 saturated heterocycles. The summed E-state index contributed by atoms with van der Waals surface area (Å²) >= 11 is 0. The molecule has 1 fully saturated rings. The van der Waals surface area contributed by atoms with Crippen molar-refractivity contribution in [1.29, 1.82) is 0 Å². The van der Waals surface area contributed by atoms with Gasteiger partial charge in [-0.1, -0.05) is 13.3 Å². The highest BCUT2D eigenvalue weighted by atomic mass is 16.3. The molecule has 1 saturated carbocycles. The summed E-state index contributed by atoms with van der Waals surface area (Å²) in [6, 6.07) is 0.661. The summed E-state index contributed by atoms with van der Waals surface area (Å²) in [7, 11) is 2.11. The quantitative estimate of drug-likeness (QED) is 0.723. The van der Waals surface area contributed by atoms with Gasteiger partial charge in [0.25, 0.3) is 0 Å². The van der Waals surface area contributed by atoms with Gasteiger partial charge in [0.2, 0.25) is 0 Å². The molecule has 3 N–H and O–H groups in total. The molecule has 1 aliphatic carbocycles. The van der Waals surface area contributed by atoms with E-state index in [0.29, 0.717) is 12.6 Å². The Hall–Kier alpha value is -0.120. The van der Waals surface area contributed by atoms with Gasteiger partial charge in [0, 0.05) is 19.1 Å². The zero-order valence-corrected chi connectivity index (χ0v) is 10.2. The fourth-order valence-electron chi connectivity index (χ4n) is 2.55. The van der Waals surface area contributed by atoms with E-state index in [1.54, 1.807) is 0 Å². The van der Waals surface area contributed by atoms with Crippen LogP contribution < -0.4 is 5.73 Å². The summed E-state index contributed by atoms with van der Waals surface area (Å²) in [5.41, 5.74) is 5.42. The van der Waals surface area contributed by atoms with Crippen molar-refractivity contribution >= 4 is 0 Å². The first-order valence-electron chi connectivity index (χ1n) is 6.25. The molecule has 3 heteroatoms. The van der Waals surface area contributed by atoms with E-state index in [1.807, 2.05) is 0 Å². The Kier molecular flexibility index (Phi) is 5.58. The van der Waals surface area contributed by atoms with E-state index >= 15 is 0 Å². The van der Waals surface area contributed by atoms with Gasteiger partial charge in [-0.2, -0.15) is 0 Å². The number of nitrogens with two attached hydrogens (primary N) is 1. The van der Waals surface area contributed by atoms with Gasteiger partial charge in [-0.15, -0.1) is 0 Å². The molecule has 0 heterocycles. The molecular weight excluding hydrogens is 188 g/mol. The van der Waals surface area contributed by atoms with Gasteiger partial charge >= 0.3 is 0 Å². The lowest BCUT2D eigenvalue weighted by atomic mass is 9.84. The van der Waals surface area contributed by atoms with Crippen molar-refractivity contribution in [2.45, 2.75) is 51.2 Å². The summed E-state index contributed by atoms with van der Waals surface area (Å²) in [5.74, 6) is 0.939. The smallest absolute Gasteiger partial charge is 0.0789 e. The zero-order chi connectivity index (χ0) is 11.3. The Morgan fingerprint density at radius 3 is 2.40 bits per heavy atom. The predicted molar refractivity (Wildman–Crippen MR) is 63.7 cm³/mol. The van der Waals surface area contributed by atoms with E-state index in [9.17, 15) is 5.11 Å². The molecule has 0 aromatic rings. The molecule has 0 radical (unpaired) electrons. The Morgan fingerprint density at radius 1 is 1.33 bits per heavy atom. The van der Waals surface area contributed by atoms with Crippen LogP contribution in [0.25, 0.3) is 0 Å². The van der Waals surface area contributed by atoms with Gasteiger partial charge in [0.05, 0.1) is 6.10 Å². The van der Waals surface area contributed by atoms with Gasteiger partial charge in [0.1, 0.15) is 0 Å². The summed E-state index contributed by atoms with van der Waals surface area (Å²) in [4.78, 5) is 2.28. The molecular formula is C12H26N2O. The van der Waals surface area contributed by atoms with Gasteiger partial charge in [-0.3, -0.25) is 0 Å². The van der Waals surface area contributed by atoms with E-state index in [2.05, 4.69) is 18.9 Å². The second-order valence-electron chi connectivity index (χ2n) is 4.91. The second kappa shape index (κ2) is 6.46. The van der Waals surface area contributed by atoms with Crippen LogP contribution in [0.5, 0.6) is 0 Å². The average Bonchev–Trinajstić information content (AvgIpc) is 2.29. The molecule has 0 aromatic heterocycles. The minimum absolute atomic E-state index is 0.362. The van der Waals surface area contributed by atoms with Crippen LogP contribution in [0.3, 0.4) is 0 Å². The molecule has 1 aliphatic rings. The highest BCUT2D eigenvalue weighted by molar-refractivity contribution is 4.78. The predicted octanol–water partition coefficient (Wildman–Crippen LogP) is 1.21. The van der Waals surface area contributed by atoms with Crippen LogP contribution in [0.2, 0.25) is 0 Å². The SMILES string of the molecule is CCC1CCC(N(C)CC(O)CN)CC1. The monoisotopic (exact) mass is 214 g/mol. The highest BCUT2D eigenvalue weighted by Crippen LogP contribution is 2.28.